The summed E-state index contributed by atoms with van der Waals surface area (Å²) in [6, 6.07) is 5.48. The highest BCUT2D eigenvalue weighted by Crippen LogP contribution is 2.34. The number of carboxylic acids is 2. The molecule has 7 heteroatoms. The highest BCUT2D eigenvalue weighted by Gasteiger charge is 2.23. The lowest BCUT2D eigenvalue weighted by atomic mass is 9.86. The Hall–Kier alpha value is -2.67. The fourth-order valence-corrected chi connectivity index (χ4v) is 2.93. The number of hydrogen-bond acceptors (Lipinski definition) is 4. The molecule has 0 bridgehead atoms. The maximum Gasteiger partial charge on any atom is 0.328 e. The number of benzene rings is 1. The minimum Gasteiger partial charge on any atom is -0.478 e. The Balaban J connectivity index is 0.000000242. The Morgan fingerprint density at radius 3 is 2.56 bits per heavy atom. The van der Waals surface area contributed by atoms with Gasteiger partial charge in [0.15, 0.2) is 0 Å². The molecule has 1 aromatic heterocycles. The molecule has 134 valence electrons. The van der Waals surface area contributed by atoms with Gasteiger partial charge < -0.3 is 19.9 Å². The Labute approximate surface area is 143 Å². The van der Waals surface area contributed by atoms with Crippen molar-refractivity contribution in [2.75, 3.05) is 6.54 Å². The van der Waals surface area contributed by atoms with E-state index in [-0.39, 0.29) is 5.82 Å². The molecule has 0 radical (unpaired) electrons. The van der Waals surface area contributed by atoms with E-state index in [0.29, 0.717) is 24.1 Å². The van der Waals surface area contributed by atoms with Crippen LogP contribution in [0.25, 0.3) is 11.0 Å². The summed E-state index contributed by atoms with van der Waals surface area (Å²) in [5.74, 6) is -2.28. The number of rotatable bonds is 3. The molecule has 1 aliphatic heterocycles. The molecule has 0 spiro atoms. The Morgan fingerprint density at radius 1 is 1.28 bits per heavy atom. The Kier molecular flexibility index (Phi) is 6.30. The summed E-state index contributed by atoms with van der Waals surface area (Å²) in [5.41, 5.74) is 1.88. The van der Waals surface area contributed by atoms with Crippen molar-refractivity contribution in [3.05, 3.63) is 48.0 Å². The van der Waals surface area contributed by atoms with Crippen molar-refractivity contribution in [3.63, 3.8) is 0 Å². The molecule has 0 amide bonds. The monoisotopic (exact) mass is 349 g/mol. The first-order chi connectivity index (χ1) is 11.9. The van der Waals surface area contributed by atoms with Crippen LogP contribution in [0.1, 0.15) is 31.2 Å². The molecule has 2 atom stereocenters. The van der Waals surface area contributed by atoms with Crippen LogP contribution < -0.4 is 5.32 Å². The largest absolute Gasteiger partial charge is 0.478 e. The number of hydrogen-bond donors (Lipinski definition) is 3. The van der Waals surface area contributed by atoms with Crippen LogP contribution in [0.4, 0.5) is 4.39 Å². The molecule has 1 saturated heterocycles. The quantitative estimate of drug-likeness (QED) is 0.736. The summed E-state index contributed by atoms with van der Waals surface area (Å²) in [6.45, 7) is 3.16. The number of furan rings is 1. The maximum absolute atomic E-state index is 13.6. The van der Waals surface area contributed by atoms with Gasteiger partial charge in [-0.15, -0.1) is 0 Å². The van der Waals surface area contributed by atoms with E-state index in [4.69, 9.17) is 14.6 Å². The van der Waals surface area contributed by atoms with Gasteiger partial charge in [0.25, 0.3) is 0 Å². The number of piperidine rings is 1. The highest BCUT2D eigenvalue weighted by molar-refractivity contribution is 5.89. The molecule has 2 heterocycles. The second-order valence-electron chi connectivity index (χ2n) is 5.92. The third-order valence-corrected chi connectivity index (χ3v) is 3.98. The van der Waals surface area contributed by atoms with Gasteiger partial charge in [-0.1, -0.05) is 0 Å². The summed E-state index contributed by atoms with van der Waals surface area (Å²) in [5, 5.41) is 19.9. The van der Waals surface area contributed by atoms with Crippen molar-refractivity contribution in [3.8, 4) is 0 Å². The van der Waals surface area contributed by atoms with Crippen LogP contribution in [0.5, 0.6) is 0 Å². The fourth-order valence-electron chi connectivity index (χ4n) is 2.93. The van der Waals surface area contributed by atoms with E-state index in [1.54, 1.807) is 12.3 Å². The van der Waals surface area contributed by atoms with Crippen LogP contribution in [0.2, 0.25) is 0 Å². The zero-order chi connectivity index (χ0) is 18.4. The molecule has 6 nitrogen and oxygen atoms in total. The summed E-state index contributed by atoms with van der Waals surface area (Å²) in [4.78, 5) is 19.1. The van der Waals surface area contributed by atoms with Crippen LogP contribution in [0, 0.1) is 5.82 Å². The molecule has 1 aromatic carbocycles. The highest BCUT2D eigenvalue weighted by atomic mass is 19.1. The number of aliphatic carboxylic acids is 2. The third kappa shape index (κ3) is 5.42. The molecule has 0 saturated carbocycles. The molecule has 2 unspecified atom stereocenters. The van der Waals surface area contributed by atoms with Crippen molar-refractivity contribution >= 4 is 22.9 Å². The van der Waals surface area contributed by atoms with E-state index in [1.165, 1.54) is 6.07 Å². The van der Waals surface area contributed by atoms with Gasteiger partial charge in [-0.25, -0.2) is 14.0 Å². The summed E-state index contributed by atoms with van der Waals surface area (Å²) in [7, 11) is 0. The number of halogens is 1. The molecule has 0 aliphatic carbocycles. The molecule has 2 aromatic rings. The smallest absolute Gasteiger partial charge is 0.328 e. The minimum absolute atomic E-state index is 0.167. The molecule has 1 aliphatic rings. The van der Waals surface area contributed by atoms with Crippen LogP contribution in [-0.2, 0) is 9.59 Å². The van der Waals surface area contributed by atoms with Crippen molar-refractivity contribution in [1.82, 2.24) is 5.32 Å². The zero-order valence-electron chi connectivity index (χ0n) is 13.7. The van der Waals surface area contributed by atoms with Crippen LogP contribution in [0.3, 0.4) is 0 Å². The van der Waals surface area contributed by atoms with Gasteiger partial charge in [-0.2, -0.15) is 0 Å². The normalized spacial score (nSPS) is 20.2. The zero-order valence-corrected chi connectivity index (χ0v) is 13.7. The molecular formula is C18H20FNO5. The number of carbonyl (C=O) groups is 2. The molecule has 3 rings (SSSR count). The van der Waals surface area contributed by atoms with Gasteiger partial charge in [-0.05, 0) is 50.4 Å². The predicted octanol–water partition coefficient (Wildman–Crippen LogP) is 3.14. The van der Waals surface area contributed by atoms with Gasteiger partial charge in [0, 0.05) is 29.1 Å². The number of fused-ring (bicyclic) bond motifs is 1. The Morgan fingerprint density at radius 2 is 1.96 bits per heavy atom. The molecule has 3 N–H and O–H groups in total. The van der Waals surface area contributed by atoms with Crippen molar-refractivity contribution < 1.29 is 28.6 Å². The second-order valence-corrected chi connectivity index (χ2v) is 5.92. The average Bonchev–Trinajstić information content (AvgIpc) is 3.01. The Bertz CT molecular complexity index is 767. The van der Waals surface area contributed by atoms with Gasteiger partial charge in [-0.3, -0.25) is 0 Å². The lowest BCUT2D eigenvalue weighted by Crippen LogP contribution is -2.34. The van der Waals surface area contributed by atoms with Gasteiger partial charge in [0.05, 0.1) is 6.26 Å². The van der Waals surface area contributed by atoms with E-state index in [0.717, 1.165) is 35.9 Å². The lowest BCUT2D eigenvalue weighted by molar-refractivity contribution is -0.134. The predicted molar refractivity (Wildman–Crippen MR) is 90.0 cm³/mol. The van der Waals surface area contributed by atoms with Crippen molar-refractivity contribution in [2.24, 2.45) is 0 Å². The van der Waals surface area contributed by atoms with Gasteiger partial charge >= 0.3 is 11.9 Å². The average molecular weight is 349 g/mol. The van der Waals surface area contributed by atoms with Gasteiger partial charge in [0.1, 0.15) is 11.4 Å². The van der Waals surface area contributed by atoms with Crippen molar-refractivity contribution in [1.29, 1.82) is 0 Å². The standard InChI is InChI=1S/C14H16FNO.C4H4O4/c1-9-6-10(2-4-16-9)13-8-12(15)7-11-3-5-17-14(11)13;5-3(6)1-2-4(7)8/h3,5,7-10,16H,2,4,6H2,1H3;1-2H,(H,5,6)(H,7,8). The van der Waals surface area contributed by atoms with Crippen LogP contribution >= 0.6 is 0 Å². The molecule has 1 fully saturated rings. The lowest BCUT2D eigenvalue weighted by Gasteiger charge is -2.28. The van der Waals surface area contributed by atoms with Crippen LogP contribution in [-0.4, -0.2) is 34.7 Å². The topological polar surface area (TPSA) is 99.8 Å². The first kappa shape index (κ1) is 18.7. The summed E-state index contributed by atoms with van der Waals surface area (Å²) < 4.78 is 19.1. The fraction of sp³-hybridized carbons (Fsp3) is 0.333. The van der Waals surface area contributed by atoms with Crippen LogP contribution in [0.15, 0.2) is 41.0 Å². The number of carboxylic acid groups (broad SMARTS) is 2. The first-order valence-corrected chi connectivity index (χ1v) is 7.90. The minimum atomic E-state index is -1.26. The van der Waals surface area contributed by atoms with E-state index >= 15 is 0 Å². The van der Waals surface area contributed by atoms with Crippen molar-refractivity contribution in [2.45, 2.75) is 31.7 Å². The molecule has 25 heavy (non-hydrogen) atoms. The second kappa shape index (κ2) is 8.43. The van der Waals surface area contributed by atoms with Gasteiger partial charge in [0.2, 0.25) is 0 Å². The maximum atomic E-state index is 13.6. The number of nitrogens with one attached hydrogen (secondary N) is 1. The summed E-state index contributed by atoms with van der Waals surface area (Å²) in [6.07, 6.45) is 4.84. The van der Waals surface area contributed by atoms with E-state index in [1.807, 2.05) is 6.07 Å². The SMILES string of the molecule is CC1CC(c2cc(F)cc3ccoc23)CCN1.O=C(O)C=CC(=O)O. The van der Waals surface area contributed by atoms with E-state index in [2.05, 4.69) is 12.2 Å². The van der Waals surface area contributed by atoms with E-state index < -0.39 is 11.9 Å². The van der Waals surface area contributed by atoms with E-state index in [9.17, 15) is 14.0 Å². The first-order valence-electron chi connectivity index (χ1n) is 7.90. The molecular weight excluding hydrogens is 329 g/mol. The third-order valence-electron chi connectivity index (χ3n) is 3.98. The summed E-state index contributed by atoms with van der Waals surface area (Å²) >= 11 is 0.